The van der Waals surface area contributed by atoms with Crippen LogP contribution in [0.4, 0.5) is 23.7 Å². The molecular weight excluding hydrogens is 425 g/mol. The summed E-state index contributed by atoms with van der Waals surface area (Å²) < 4.78 is 48.3. The number of alkyl halides is 3. The first kappa shape index (κ1) is 22.3. The Hall–Kier alpha value is -2.91. The number of ether oxygens (including phenoxy) is 2. The summed E-state index contributed by atoms with van der Waals surface area (Å²) in [7, 11) is 0. The van der Waals surface area contributed by atoms with E-state index in [4.69, 9.17) is 4.74 Å². The van der Waals surface area contributed by atoms with E-state index in [2.05, 4.69) is 14.7 Å². The summed E-state index contributed by atoms with van der Waals surface area (Å²) >= 11 is 0. The Bertz CT molecular complexity index is 968. The van der Waals surface area contributed by atoms with Crippen LogP contribution in [0.15, 0.2) is 30.5 Å². The first-order chi connectivity index (χ1) is 14.9. The maximum Gasteiger partial charge on any atom is 0.573 e. The number of halogens is 3. The standard InChI is InChI=1S/C22H27F3N4O3/c1-14-19(13-28(26-14)15-7-9-18(10-8-15)31-22(23,24)25)27-11-16-5-6-17(12-27)29(16)20(30)32-21(2,3)4/h7-10,13,16-17H,5-6,11-12H2,1-4H3/t16-,17+. The second-order valence-corrected chi connectivity index (χ2v) is 9.26. The normalized spacial score (nSPS) is 21.1. The van der Waals surface area contributed by atoms with Gasteiger partial charge in [0.1, 0.15) is 11.4 Å². The summed E-state index contributed by atoms with van der Waals surface area (Å²) in [6.45, 7) is 8.85. The molecule has 2 bridgehead atoms. The summed E-state index contributed by atoms with van der Waals surface area (Å²) in [6.07, 6.45) is -1.27. The number of hydrogen-bond acceptors (Lipinski definition) is 5. The summed E-state index contributed by atoms with van der Waals surface area (Å²) in [5.41, 5.74) is 1.85. The van der Waals surface area contributed by atoms with E-state index in [0.717, 1.165) is 24.2 Å². The van der Waals surface area contributed by atoms with Gasteiger partial charge in [-0.3, -0.25) is 4.90 Å². The average Bonchev–Trinajstić information content (AvgIpc) is 3.17. The first-order valence-corrected chi connectivity index (χ1v) is 10.6. The molecule has 174 valence electrons. The van der Waals surface area contributed by atoms with E-state index in [9.17, 15) is 18.0 Å². The molecule has 1 aromatic carbocycles. The fourth-order valence-electron chi connectivity index (χ4n) is 4.41. The minimum absolute atomic E-state index is 0.0742. The molecule has 0 spiro atoms. The number of amides is 1. The van der Waals surface area contributed by atoms with Crippen LogP contribution in [-0.2, 0) is 4.74 Å². The van der Waals surface area contributed by atoms with Crippen LogP contribution in [-0.4, -0.2) is 57.9 Å². The number of benzene rings is 1. The molecule has 32 heavy (non-hydrogen) atoms. The van der Waals surface area contributed by atoms with Gasteiger partial charge in [0, 0.05) is 13.1 Å². The lowest BCUT2D eigenvalue weighted by Crippen LogP contribution is -2.56. The molecule has 2 fully saturated rings. The Morgan fingerprint density at radius 3 is 2.19 bits per heavy atom. The number of piperazine rings is 1. The average molecular weight is 452 g/mol. The third-order valence-electron chi connectivity index (χ3n) is 5.64. The lowest BCUT2D eigenvalue weighted by Gasteiger charge is -2.42. The van der Waals surface area contributed by atoms with E-state index in [-0.39, 0.29) is 23.9 Å². The minimum Gasteiger partial charge on any atom is -0.444 e. The van der Waals surface area contributed by atoms with Crippen LogP contribution >= 0.6 is 0 Å². The number of hydrogen-bond donors (Lipinski definition) is 0. The summed E-state index contributed by atoms with van der Waals surface area (Å²) in [6, 6.07) is 5.73. The molecular formula is C22H27F3N4O3. The van der Waals surface area contributed by atoms with E-state index in [1.54, 1.807) is 4.68 Å². The molecule has 2 aliphatic heterocycles. The van der Waals surface area contributed by atoms with Crippen LogP contribution < -0.4 is 9.64 Å². The van der Waals surface area contributed by atoms with Crippen LogP contribution in [0.5, 0.6) is 5.75 Å². The molecule has 7 nitrogen and oxygen atoms in total. The zero-order valence-electron chi connectivity index (χ0n) is 18.5. The molecule has 1 aromatic heterocycles. The van der Waals surface area contributed by atoms with Gasteiger partial charge in [-0.1, -0.05) is 0 Å². The highest BCUT2D eigenvalue weighted by Gasteiger charge is 2.44. The second-order valence-electron chi connectivity index (χ2n) is 9.26. The van der Waals surface area contributed by atoms with Crippen molar-refractivity contribution in [3.8, 4) is 11.4 Å². The molecule has 2 atom stereocenters. The quantitative estimate of drug-likeness (QED) is 0.678. The van der Waals surface area contributed by atoms with Crippen molar-refractivity contribution in [3.05, 3.63) is 36.2 Å². The van der Waals surface area contributed by atoms with Gasteiger partial charge in [0.05, 0.1) is 35.3 Å². The molecule has 3 heterocycles. The monoisotopic (exact) mass is 452 g/mol. The van der Waals surface area contributed by atoms with Gasteiger partial charge in [-0.25, -0.2) is 9.48 Å². The molecule has 0 unspecified atom stereocenters. The maximum absolute atomic E-state index is 12.7. The van der Waals surface area contributed by atoms with Gasteiger partial charge in [0.15, 0.2) is 0 Å². The van der Waals surface area contributed by atoms with Crippen LogP contribution in [0.3, 0.4) is 0 Å². The molecule has 2 aliphatic rings. The van der Waals surface area contributed by atoms with Gasteiger partial charge in [-0.05, 0) is 64.8 Å². The zero-order chi connectivity index (χ0) is 23.3. The molecule has 1 amide bonds. The predicted octanol–water partition coefficient (Wildman–Crippen LogP) is 4.67. The minimum atomic E-state index is -4.72. The highest BCUT2D eigenvalue weighted by molar-refractivity contribution is 5.70. The van der Waals surface area contributed by atoms with E-state index < -0.39 is 12.0 Å². The van der Waals surface area contributed by atoms with E-state index in [1.165, 1.54) is 24.3 Å². The number of aryl methyl sites for hydroxylation is 1. The van der Waals surface area contributed by atoms with Gasteiger partial charge in [-0.15, -0.1) is 13.2 Å². The van der Waals surface area contributed by atoms with E-state index in [0.29, 0.717) is 18.8 Å². The molecule has 2 saturated heterocycles. The van der Waals surface area contributed by atoms with Crippen LogP contribution in [0, 0.1) is 6.92 Å². The molecule has 0 radical (unpaired) electrons. The van der Waals surface area contributed by atoms with Crippen molar-refractivity contribution in [2.75, 3.05) is 18.0 Å². The highest BCUT2D eigenvalue weighted by atomic mass is 19.4. The Balaban J connectivity index is 1.48. The molecule has 0 saturated carbocycles. The third-order valence-corrected chi connectivity index (χ3v) is 5.64. The number of fused-ring (bicyclic) bond motifs is 2. The topological polar surface area (TPSA) is 59.8 Å². The molecule has 2 aromatic rings. The fraction of sp³-hybridized carbons (Fsp3) is 0.545. The van der Waals surface area contributed by atoms with Gasteiger partial charge < -0.3 is 14.4 Å². The molecule has 10 heteroatoms. The molecule has 4 rings (SSSR count). The van der Waals surface area contributed by atoms with Crippen molar-refractivity contribution in [2.45, 2.75) is 64.6 Å². The lowest BCUT2D eigenvalue weighted by molar-refractivity contribution is -0.274. The van der Waals surface area contributed by atoms with Gasteiger partial charge >= 0.3 is 12.5 Å². The largest absolute Gasteiger partial charge is 0.573 e. The van der Waals surface area contributed by atoms with Gasteiger partial charge in [0.2, 0.25) is 0 Å². The number of aromatic nitrogens is 2. The van der Waals surface area contributed by atoms with Crippen LogP contribution in [0.2, 0.25) is 0 Å². The Kier molecular flexibility index (Phi) is 5.50. The number of rotatable bonds is 3. The molecule has 0 aliphatic carbocycles. The predicted molar refractivity (Wildman–Crippen MR) is 112 cm³/mol. The number of carbonyl (C=O) groups excluding carboxylic acids is 1. The second kappa shape index (κ2) is 7.90. The Labute approximate surface area is 184 Å². The van der Waals surface area contributed by atoms with E-state index in [1.807, 2.05) is 38.8 Å². The van der Waals surface area contributed by atoms with Crippen LogP contribution in [0.1, 0.15) is 39.3 Å². The summed E-state index contributed by atoms with van der Waals surface area (Å²) in [4.78, 5) is 16.8. The van der Waals surface area contributed by atoms with Crippen molar-refractivity contribution in [1.82, 2.24) is 14.7 Å². The summed E-state index contributed by atoms with van der Waals surface area (Å²) in [5.74, 6) is -0.278. The lowest BCUT2D eigenvalue weighted by atomic mass is 10.1. The summed E-state index contributed by atoms with van der Waals surface area (Å²) in [5, 5.41) is 4.54. The van der Waals surface area contributed by atoms with Gasteiger partial charge in [-0.2, -0.15) is 5.10 Å². The molecule has 0 N–H and O–H groups in total. The Morgan fingerprint density at radius 2 is 1.66 bits per heavy atom. The highest BCUT2D eigenvalue weighted by Crippen LogP contribution is 2.35. The van der Waals surface area contributed by atoms with E-state index >= 15 is 0 Å². The third kappa shape index (κ3) is 4.78. The van der Waals surface area contributed by atoms with Gasteiger partial charge in [0.25, 0.3) is 0 Å². The number of nitrogens with zero attached hydrogens (tertiary/aromatic N) is 4. The fourth-order valence-corrected chi connectivity index (χ4v) is 4.41. The van der Waals surface area contributed by atoms with Crippen molar-refractivity contribution >= 4 is 11.8 Å². The van der Waals surface area contributed by atoms with Crippen molar-refractivity contribution in [1.29, 1.82) is 0 Å². The SMILES string of the molecule is Cc1nn(-c2ccc(OC(F)(F)F)cc2)cc1N1C[C@H]2CC[C@@H](C1)N2C(=O)OC(C)(C)C. The smallest absolute Gasteiger partial charge is 0.444 e. The zero-order valence-corrected chi connectivity index (χ0v) is 18.5. The maximum atomic E-state index is 12.7. The van der Waals surface area contributed by atoms with Crippen molar-refractivity contribution < 1.29 is 27.4 Å². The van der Waals surface area contributed by atoms with Crippen molar-refractivity contribution in [3.63, 3.8) is 0 Å². The Morgan fingerprint density at radius 1 is 1.06 bits per heavy atom. The van der Waals surface area contributed by atoms with Crippen molar-refractivity contribution in [2.24, 2.45) is 0 Å². The number of anilines is 1. The number of carbonyl (C=O) groups is 1. The first-order valence-electron chi connectivity index (χ1n) is 10.6. The van der Waals surface area contributed by atoms with Crippen LogP contribution in [0.25, 0.3) is 5.69 Å².